The molecule has 33 heavy (non-hydrogen) atoms. The van der Waals surface area contributed by atoms with Crippen LogP contribution >= 0.6 is 0 Å². The molecule has 0 aliphatic carbocycles. The molecule has 0 aliphatic rings. The van der Waals surface area contributed by atoms with E-state index in [4.69, 9.17) is 5.48 Å². The maximum Gasteiger partial charge on any atom is 0.269 e. The largest absolute Gasteiger partial charge is 0.291 e. The van der Waals surface area contributed by atoms with Crippen LogP contribution in [0.5, 0.6) is 0 Å². The summed E-state index contributed by atoms with van der Waals surface area (Å²) >= 11 is 0. The lowest BCUT2D eigenvalue weighted by atomic mass is 9.92. The molecule has 1 aromatic heterocycles. The van der Waals surface area contributed by atoms with Crippen LogP contribution in [0.4, 0.5) is 0 Å². The van der Waals surface area contributed by atoms with E-state index in [1.165, 1.54) is 0 Å². The van der Waals surface area contributed by atoms with Crippen LogP contribution in [-0.4, -0.2) is 4.57 Å². The van der Waals surface area contributed by atoms with Crippen LogP contribution in [0.2, 0.25) is 0 Å². The van der Waals surface area contributed by atoms with Crippen molar-refractivity contribution < 1.29 is 10.1 Å². The van der Waals surface area contributed by atoms with Crippen molar-refractivity contribution in [2.45, 2.75) is 79.0 Å². The van der Waals surface area contributed by atoms with E-state index < -0.39 is 23.6 Å². The van der Waals surface area contributed by atoms with Gasteiger partial charge in [-0.05, 0) is 45.8 Å². The molecule has 0 amide bonds. The Kier molecular flexibility index (Phi) is 5.15. The SMILES string of the molecule is [2H]C(C)(C)c1cccc(C([2H])(C)C)c1-n1[c-][n+](-c2c(C([2H])(C)C)cccc2C([2H])(C)C)c2ccccc21. The summed E-state index contributed by atoms with van der Waals surface area (Å²) in [5.41, 5.74) is 6.58. The summed E-state index contributed by atoms with van der Waals surface area (Å²) in [5, 5.41) is 0. The van der Waals surface area contributed by atoms with Crippen LogP contribution in [-0.2, 0) is 0 Å². The van der Waals surface area contributed by atoms with Gasteiger partial charge in [-0.3, -0.25) is 9.13 Å². The number of nitrogens with zero attached hydrogens (tertiary/aromatic N) is 2. The number of para-hydroxylation sites is 4. The fraction of sp³-hybridized carbons (Fsp3) is 0.387. The highest BCUT2D eigenvalue weighted by molar-refractivity contribution is 5.76. The zero-order valence-corrected chi connectivity index (χ0v) is 21.2. The predicted molar refractivity (Wildman–Crippen MR) is 140 cm³/mol. The zero-order chi connectivity index (χ0) is 27.6. The third-order valence-corrected chi connectivity index (χ3v) is 6.24. The van der Waals surface area contributed by atoms with Crippen LogP contribution in [0.1, 0.15) is 107 Å². The van der Waals surface area contributed by atoms with Gasteiger partial charge in [0, 0.05) is 5.48 Å². The van der Waals surface area contributed by atoms with Crippen molar-refractivity contribution in [3.63, 3.8) is 0 Å². The first-order valence-electron chi connectivity index (χ1n) is 13.7. The maximum atomic E-state index is 8.93. The molecule has 3 aromatic carbocycles. The van der Waals surface area contributed by atoms with E-state index in [-0.39, 0.29) is 0 Å². The molecule has 2 nitrogen and oxygen atoms in total. The molecule has 4 aromatic rings. The second-order valence-corrected chi connectivity index (χ2v) is 9.66. The molecule has 0 unspecified atom stereocenters. The summed E-state index contributed by atoms with van der Waals surface area (Å²) in [6.45, 7) is 14.9. The van der Waals surface area contributed by atoms with E-state index in [0.717, 1.165) is 44.7 Å². The van der Waals surface area contributed by atoms with Gasteiger partial charge < -0.3 is 0 Å². The van der Waals surface area contributed by atoms with Gasteiger partial charge >= 0.3 is 0 Å². The number of imidazole rings is 1. The van der Waals surface area contributed by atoms with Crippen LogP contribution in [0.15, 0.2) is 60.7 Å². The van der Waals surface area contributed by atoms with E-state index in [1.807, 2.05) is 125 Å². The Bertz CT molecular complexity index is 1280. The molecule has 2 heteroatoms. The number of benzene rings is 3. The number of rotatable bonds is 6. The highest BCUT2D eigenvalue weighted by atomic mass is 15.1. The van der Waals surface area contributed by atoms with Gasteiger partial charge in [-0.2, -0.15) is 0 Å². The van der Waals surface area contributed by atoms with E-state index >= 15 is 0 Å². The Morgan fingerprint density at radius 1 is 0.636 bits per heavy atom. The summed E-state index contributed by atoms with van der Waals surface area (Å²) in [4.78, 5) is 0. The molecule has 0 spiro atoms. The Balaban J connectivity index is 2.21. The Morgan fingerprint density at radius 2 is 1.09 bits per heavy atom. The first kappa shape index (κ1) is 18.5. The van der Waals surface area contributed by atoms with Crippen molar-refractivity contribution in [1.29, 1.82) is 0 Å². The van der Waals surface area contributed by atoms with Crippen molar-refractivity contribution in [3.05, 3.63) is 89.2 Å². The Hall–Kier alpha value is -2.87. The minimum Gasteiger partial charge on any atom is -0.291 e. The van der Waals surface area contributed by atoms with Gasteiger partial charge in [-0.25, -0.2) is 0 Å². The minimum absolute atomic E-state index is 0.784. The van der Waals surface area contributed by atoms with Crippen molar-refractivity contribution in [2.24, 2.45) is 0 Å². The molecule has 0 atom stereocenters. The second-order valence-electron chi connectivity index (χ2n) is 9.66. The third kappa shape index (κ3) is 4.12. The summed E-state index contributed by atoms with van der Waals surface area (Å²) in [6.07, 6.45) is 3.57. The number of hydrogen-bond acceptors (Lipinski definition) is 0. The molecule has 0 N–H and O–H groups in total. The highest BCUT2D eigenvalue weighted by Gasteiger charge is 2.23. The number of aromatic nitrogens is 2. The van der Waals surface area contributed by atoms with Crippen molar-refractivity contribution in [2.75, 3.05) is 0 Å². The smallest absolute Gasteiger partial charge is 0.269 e. The first-order valence-corrected chi connectivity index (χ1v) is 11.7. The van der Waals surface area contributed by atoms with Crippen molar-refractivity contribution in [3.8, 4) is 11.4 Å². The molecular formula is C31H38N2. The molecular weight excluding hydrogens is 400 g/mol. The Morgan fingerprint density at radius 3 is 1.58 bits per heavy atom. The lowest BCUT2D eigenvalue weighted by Gasteiger charge is -2.21. The first-order chi connectivity index (χ1) is 16.9. The second kappa shape index (κ2) is 9.17. The molecule has 0 saturated carbocycles. The van der Waals surface area contributed by atoms with Gasteiger partial charge in [0.2, 0.25) is 0 Å². The monoisotopic (exact) mass is 442 g/mol. The molecule has 0 aliphatic heterocycles. The normalized spacial score (nSPS) is 15.2. The molecule has 172 valence electrons. The molecule has 0 saturated heterocycles. The van der Waals surface area contributed by atoms with Crippen LogP contribution in [0.25, 0.3) is 22.4 Å². The number of fused-ring (bicyclic) bond motifs is 1. The zero-order valence-electron chi connectivity index (χ0n) is 25.2. The van der Waals surface area contributed by atoms with Crippen LogP contribution in [0.3, 0.4) is 0 Å². The van der Waals surface area contributed by atoms with Crippen molar-refractivity contribution >= 4 is 11.0 Å². The summed E-state index contributed by atoms with van der Waals surface area (Å²) in [7, 11) is 0. The lowest BCUT2D eigenvalue weighted by molar-refractivity contribution is -0.573. The molecule has 0 radical (unpaired) electrons. The van der Waals surface area contributed by atoms with Gasteiger partial charge in [0.15, 0.2) is 0 Å². The van der Waals surface area contributed by atoms with E-state index in [2.05, 4.69) is 6.33 Å². The quantitative estimate of drug-likeness (QED) is 0.210. The van der Waals surface area contributed by atoms with Gasteiger partial charge in [0.25, 0.3) is 6.33 Å². The average molecular weight is 443 g/mol. The Labute approximate surface area is 205 Å². The molecule has 0 fully saturated rings. The van der Waals surface area contributed by atoms with Gasteiger partial charge in [0.1, 0.15) is 0 Å². The molecule has 1 heterocycles. The fourth-order valence-electron chi connectivity index (χ4n) is 4.57. The lowest BCUT2D eigenvalue weighted by Crippen LogP contribution is -2.33. The van der Waals surface area contributed by atoms with E-state index in [0.29, 0.717) is 0 Å². The van der Waals surface area contributed by atoms with Crippen LogP contribution < -0.4 is 4.57 Å². The topological polar surface area (TPSA) is 8.81 Å². The minimum atomic E-state index is -0.907. The predicted octanol–water partition coefficient (Wildman–Crippen LogP) is 8.20. The van der Waals surface area contributed by atoms with E-state index in [9.17, 15) is 0 Å². The van der Waals surface area contributed by atoms with Gasteiger partial charge in [-0.15, -0.1) is 0 Å². The maximum absolute atomic E-state index is 8.93. The highest BCUT2D eigenvalue weighted by Crippen LogP contribution is 2.34. The van der Waals surface area contributed by atoms with Gasteiger partial charge in [0.05, 0.1) is 22.4 Å². The molecule has 4 rings (SSSR count). The average Bonchev–Trinajstić information content (AvgIpc) is 3.15. The molecule has 0 bridgehead atoms. The fourth-order valence-corrected chi connectivity index (χ4v) is 4.57. The van der Waals surface area contributed by atoms with E-state index in [1.54, 1.807) is 0 Å². The third-order valence-electron chi connectivity index (χ3n) is 6.24. The number of hydrogen-bond donors (Lipinski definition) is 0. The van der Waals surface area contributed by atoms with Gasteiger partial charge in [-0.1, -0.05) is 116 Å². The summed E-state index contributed by atoms with van der Waals surface area (Å²) in [6, 6.07) is 19.7. The standard InChI is InChI=1S/C31H38N2/c1-20(2)24-13-11-14-25(21(3)4)30(24)32-19-33(29-18-10-9-17-28(29)32)31-26(22(5)6)15-12-16-27(31)23(7)8/h9-18,20-23H,1-8H3/i20D,21D,22D,23D. The summed E-state index contributed by atoms with van der Waals surface area (Å²) in [5.74, 6) is -3.63. The van der Waals surface area contributed by atoms with Crippen molar-refractivity contribution in [1.82, 2.24) is 4.57 Å². The van der Waals surface area contributed by atoms with Crippen LogP contribution in [0, 0.1) is 6.33 Å². The summed E-state index contributed by atoms with van der Waals surface area (Å²) < 4.78 is 39.7.